The molecule has 2 rings (SSSR count). The lowest BCUT2D eigenvalue weighted by Gasteiger charge is -2.11. The molecule has 8 heteroatoms. The van der Waals surface area contributed by atoms with E-state index in [1.54, 1.807) is 30.3 Å². The summed E-state index contributed by atoms with van der Waals surface area (Å²) >= 11 is 6.19. The van der Waals surface area contributed by atoms with Gasteiger partial charge in [-0.2, -0.15) is 0 Å². The Balaban J connectivity index is 1.83. The summed E-state index contributed by atoms with van der Waals surface area (Å²) in [6.07, 6.45) is 4.41. The topological polar surface area (TPSA) is 89.8 Å². The van der Waals surface area contributed by atoms with Crippen molar-refractivity contribution in [1.29, 1.82) is 0 Å². The highest BCUT2D eigenvalue weighted by Gasteiger charge is 2.11. The zero-order chi connectivity index (χ0) is 19.6. The Morgan fingerprint density at radius 1 is 1.26 bits per heavy atom. The lowest BCUT2D eigenvalue weighted by atomic mass is 10.2. The number of amides is 2. The quantitative estimate of drug-likeness (QED) is 0.506. The molecule has 1 aromatic heterocycles. The molecule has 0 atom stereocenters. The number of nitrogens with one attached hydrogen (secondary N) is 2. The van der Waals surface area contributed by atoms with E-state index < -0.39 is 0 Å². The van der Waals surface area contributed by atoms with Crippen molar-refractivity contribution in [2.24, 2.45) is 0 Å². The number of carbonyl (C=O) groups is 2. The molecule has 7 nitrogen and oxygen atoms in total. The summed E-state index contributed by atoms with van der Waals surface area (Å²) in [6.45, 7) is 2.87. The van der Waals surface area contributed by atoms with Crippen LogP contribution in [0.15, 0.2) is 41.0 Å². The van der Waals surface area contributed by atoms with E-state index in [4.69, 9.17) is 25.5 Å². The van der Waals surface area contributed by atoms with Crippen LogP contribution in [0, 0.1) is 0 Å². The normalized spacial score (nSPS) is 10.6. The second kappa shape index (κ2) is 10.3. The fraction of sp³-hybridized carbons (Fsp3) is 0.263. The molecule has 0 aliphatic heterocycles. The molecule has 2 amide bonds. The molecule has 0 bridgehead atoms. The van der Waals surface area contributed by atoms with Crippen molar-refractivity contribution < 1.29 is 23.5 Å². The van der Waals surface area contributed by atoms with Crippen LogP contribution in [0.1, 0.15) is 23.0 Å². The third-order valence-corrected chi connectivity index (χ3v) is 3.70. The first-order valence-electron chi connectivity index (χ1n) is 8.33. The van der Waals surface area contributed by atoms with Crippen molar-refractivity contribution >= 4 is 29.5 Å². The molecule has 0 unspecified atom stereocenters. The Kier molecular flexibility index (Phi) is 7.76. The summed E-state index contributed by atoms with van der Waals surface area (Å²) in [4.78, 5) is 23.5. The summed E-state index contributed by atoms with van der Waals surface area (Å²) in [6, 6.07) is 6.60. The van der Waals surface area contributed by atoms with Crippen molar-refractivity contribution in [3.8, 4) is 11.5 Å². The van der Waals surface area contributed by atoms with Gasteiger partial charge in [0.2, 0.25) is 5.91 Å². The molecule has 0 aliphatic carbocycles. The van der Waals surface area contributed by atoms with Crippen LogP contribution >= 0.6 is 11.6 Å². The summed E-state index contributed by atoms with van der Waals surface area (Å²) in [5, 5.41) is 5.70. The maximum atomic E-state index is 11.9. The van der Waals surface area contributed by atoms with E-state index in [0.29, 0.717) is 28.7 Å². The molecule has 0 fully saturated rings. The number of methoxy groups -OCH3 is 1. The van der Waals surface area contributed by atoms with Gasteiger partial charge in [0.1, 0.15) is 0 Å². The predicted molar refractivity (Wildman–Crippen MR) is 102 cm³/mol. The first-order valence-corrected chi connectivity index (χ1v) is 8.71. The van der Waals surface area contributed by atoms with E-state index in [1.165, 1.54) is 19.4 Å². The number of carbonyl (C=O) groups excluding carboxylic acids is 2. The van der Waals surface area contributed by atoms with Gasteiger partial charge in [0.25, 0.3) is 5.91 Å². The van der Waals surface area contributed by atoms with E-state index in [2.05, 4.69) is 10.6 Å². The Bertz CT molecular complexity index is 803. The maximum Gasteiger partial charge on any atom is 0.287 e. The minimum Gasteiger partial charge on any atom is -0.493 e. The van der Waals surface area contributed by atoms with Crippen LogP contribution in [0.3, 0.4) is 0 Å². The van der Waals surface area contributed by atoms with Crippen molar-refractivity contribution in [3.05, 3.63) is 53.0 Å². The minimum absolute atomic E-state index is 0.225. The van der Waals surface area contributed by atoms with E-state index in [9.17, 15) is 9.59 Å². The van der Waals surface area contributed by atoms with Crippen LogP contribution in [0.25, 0.3) is 6.08 Å². The summed E-state index contributed by atoms with van der Waals surface area (Å²) in [5.41, 5.74) is 0.696. The standard InChI is InChI=1S/C19H21ClN2O5/c1-3-26-18-14(20)11-13(12-16(18)25-2)6-7-17(23)21-8-9-22-19(24)15-5-4-10-27-15/h4-7,10-12H,3,8-9H2,1-2H3,(H,21,23)(H,22,24)/b7-6+. The summed E-state index contributed by atoms with van der Waals surface area (Å²) in [5.74, 6) is 0.551. The van der Waals surface area contributed by atoms with Gasteiger partial charge in [0.15, 0.2) is 17.3 Å². The summed E-state index contributed by atoms with van der Waals surface area (Å²) in [7, 11) is 1.52. The molecule has 1 heterocycles. The molecule has 0 saturated carbocycles. The van der Waals surface area contributed by atoms with Crippen LogP contribution in [0.2, 0.25) is 5.02 Å². The monoisotopic (exact) mass is 392 g/mol. The number of halogens is 1. The zero-order valence-electron chi connectivity index (χ0n) is 15.1. The maximum absolute atomic E-state index is 11.9. The van der Waals surface area contributed by atoms with Crippen molar-refractivity contribution in [1.82, 2.24) is 10.6 Å². The third kappa shape index (κ3) is 6.07. The van der Waals surface area contributed by atoms with Crippen LogP contribution in [-0.2, 0) is 4.79 Å². The third-order valence-electron chi connectivity index (χ3n) is 3.42. The molecule has 144 valence electrons. The number of furan rings is 1. The average molecular weight is 393 g/mol. The van der Waals surface area contributed by atoms with Gasteiger partial charge in [0, 0.05) is 19.2 Å². The van der Waals surface area contributed by atoms with Gasteiger partial charge >= 0.3 is 0 Å². The minimum atomic E-state index is -0.332. The van der Waals surface area contributed by atoms with Gasteiger partial charge < -0.3 is 24.5 Å². The molecule has 2 N–H and O–H groups in total. The van der Waals surface area contributed by atoms with Crippen LogP contribution in [0.4, 0.5) is 0 Å². The predicted octanol–water partition coefficient (Wildman–Crippen LogP) is 2.90. The first kappa shape index (κ1) is 20.4. The highest BCUT2D eigenvalue weighted by molar-refractivity contribution is 6.32. The Morgan fingerprint density at radius 2 is 2.04 bits per heavy atom. The fourth-order valence-electron chi connectivity index (χ4n) is 2.21. The van der Waals surface area contributed by atoms with Crippen LogP contribution in [0.5, 0.6) is 11.5 Å². The highest BCUT2D eigenvalue weighted by atomic mass is 35.5. The molecule has 0 radical (unpaired) electrons. The SMILES string of the molecule is CCOc1c(Cl)cc(/C=C/C(=O)NCCNC(=O)c2ccco2)cc1OC. The second-order valence-corrected chi connectivity index (χ2v) is 5.73. The lowest BCUT2D eigenvalue weighted by molar-refractivity contribution is -0.116. The number of hydrogen-bond acceptors (Lipinski definition) is 5. The van der Waals surface area contributed by atoms with Gasteiger partial charge in [0.05, 0.1) is 25.0 Å². The van der Waals surface area contributed by atoms with Crippen molar-refractivity contribution in [2.75, 3.05) is 26.8 Å². The molecule has 0 saturated heterocycles. The van der Waals surface area contributed by atoms with Crippen LogP contribution < -0.4 is 20.1 Å². The van der Waals surface area contributed by atoms with E-state index in [1.807, 2.05) is 6.92 Å². The average Bonchev–Trinajstić information content (AvgIpc) is 3.20. The van der Waals surface area contributed by atoms with E-state index in [0.717, 1.165) is 0 Å². The van der Waals surface area contributed by atoms with Gasteiger partial charge in [-0.3, -0.25) is 9.59 Å². The highest BCUT2D eigenvalue weighted by Crippen LogP contribution is 2.36. The van der Waals surface area contributed by atoms with Gasteiger partial charge in [-0.05, 0) is 42.8 Å². The Labute approximate surface area is 162 Å². The molecular weight excluding hydrogens is 372 g/mol. The largest absolute Gasteiger partial charge is 0.493 e. The smallest absolute Gasteiger partial charge is 0.287 e. The lowest BCUT2D eigenvalue weighted by Crippen LogP contribution is -2.33. The van der Waals surface area contributed by atoms with Gasteiger partial charge in [-0.15, -0.1) is 0 Å². The number of ether oxygens (including phenoxy) is 2. The Hall–Kier alpha value is -2.93. The second-order valence-electron chi connectivity index (χ2n) is 5.32. The number of hydrogen-bond donors (Lipinski definition) is 2. The van der Waals surface area contributed by atoms with Crippen molar-refractivity contribution in [3.63, 3.8) is 0 Å². The first-order chi connectivity index (χ1) is 13.0. The van der Waals surface area contributed by atoms with Gasteiger partial charge in [-0.25, -0.2) is 0 Å². The van der Waals surface area contributed by atoms with Gasteiger partial charge in [-0.1, -0.05) is 11.6 Å². The molecule has 0 aliphatic rings. The zero-order valence-corrected chi connectivity index (χ0v) is 15.8. The molecule has 0 spiro atoms. The molecule has 27 heavy (non-hydrogen) atoms. The van der Waals surface area contributed by atoms with E-state index >= 15 is 0 Å². The molecule has 1 aromatic carbocycles. The van der Waals surface area contributed by atoms with Crippen LogP contribution in [-0.4, -0.2) is 38.6 Å². The summed E-state index contributed by atoms with van der Waals surface area (Å²) < 4.78 is 15.7. The molecule has 2 aromatic rings. The van der Waals surface area contributed by atoms with E-state index in [-0.39, 0.29) is 30.7 Å². The molecular formula is C19H21ClN2O5. The fourth-order valence-corrected chi connectivity index (χ4v) is 2.48. The van der Waals surface area contributed by atoms with Crippen molar-refractivity contribution in [2.45, 2.75) is 6.92 Å². The number of benzene rings is 1. The number of rotatable bonds is 9. The Morgan fingerprint density at radius 3 is 2.70 bits per heavy atom.